The third-order valence-electron chi connectivity index (χ3n) is 2.92. The molecular formula is C15H18N2O2. The Hall–Kier alpha value is -2.36. The van der Waals surface area contributed by atoms with Gasteiger partial charge in [0.15, 0.2) is 0 Å². The van der Waals surface area contributed by atoms with E-state index in [1.165, 1.54) is 0 Å². The zero-order valence-corrected chi connectivity index (χ0v) is 11.1. The van der Waals surface area contributed by atoms with Gasteiger partial charge in [0.05, 0.1) is 25.6 Å². The van der Waals surface area contributed by atoms with Crippen molar-refractivity contribution >= 4 is 11.4 Å². The Labute approximate surface area is 113 Å². The van der Waals surface area contributed by atoms with Crippen LogP contribution in [0.15, 0.2) is 42.5 Å². The third kappa shape index (κ3) is 3.10. The van der Waals surface area contributed by atoms with Gasteiger partial charge in [-0.25, -0.2) is 0 Å². The zero-order chi connectivity index (χ0) is 13.7. The van der Waals surface area contributed by atoms with Crippen molar-refractivity contribution in [1.29, 1.82) is 0 Å². The van der Waals surface area contributed by atoms with Crippen molar-refractivity contribution in [3.63, 3.8) is 0 Å². The van der Waals surface area contributed by atoms with E-state index in [0.717, 1.165) is 28.4 Å². The van der Waals surface area contributed by atoms with Crippen molar-refractivity contribution in [3.8, 4) is 11.5 Å². The largest absolute Gasteiger partial charge is 0.497 e. The van der Waals surface area contributed by atoms with Gasteiger partial charge in [0, 0.05) is 12.1 Å². The average Bonchev–Trinajstić information content (AvgIpc) is 2.46. The Morgan fingerprint density at radius 2 is 1.84 bits per heavy atom. The van der Waals surface area contributed by atoms with Gasteiger partial charge in [-0.3, -0.25) is 0 Å². The van der Waals surface area contributed by atoms with E-state index in [4.69, 9.17) is 15.2 Å². The smallest absolute Gasteiger partial charge is 0.124 e. The van der Waals surface area contributed by atoms with Crippen LogP contribution in [0, 0.1) is 0 Å². The van der Waals surface area contributed by atoms with E-state index in [0.29, 0.717) is 6.54 Å². The summed E-state index contributed by atoms with van der Waals surface area (Å²) in [5.74, 6) is 1.63. The average molecular weight is 258 g/mol. The number of benzene rings is 2. The Morgan fingerprint density at radius 3 is 2.53 bits per heavy atom. The number of methoxy groups -OCH3 is 2. The van der Waals surface area contributed by atoms with Gasteiger partial charge in [-0.15, -0.1) is 0 Å². The molecule has 0 atom stereocenters. The second kappa shape index (κ2) is 6.00. The summed E-state index contributed by atoms with van der Waals surface area (Å²) in [7, 11) is 3.30. The Bertz CT molecular complexity index is 556. The number of nitrogens with one attached hydrogen (secondary N) is 1. The maximum Gasteiger partial charge on any atom is 0.124 e. The molecule has 3 N–H and O–H groups in total. The van der Waals surface area contributed by atoms with E-state index >= 15 is 0 Å². The van der Waals surface area contributed by atoms with Gasteiger partial charge in [-0.1, -0.05) is 12.1 Å². The highest BCUT2D eigenvalue weighted by Gasteiger charge is 2.05. The Kier molecular flexibility index (Phi) is 4.13. The van der Waals surface area contributed by atoms with Crippen LogP contribution >= 0.6 is 0 Å². The molecule has 0 aromatic heterocycles. The van der Waals surface area contributed by atoms with Crippen molar-refractivity contribution in [3.05, 3.63) is 48.0 Å². The third-order valence-corrected chi connectivity index (χ3v) is 2.92. The van der Waals surface area contributed by atoms with Gasteiger partial charge in [0.1, 0.15) is 11.5 Å². The van der Waals surface area contributed by atoms with E-state index in [9.17, 15) is 0 Å². The maximum atomic E-state index is 5.89. The van der Waals surface area contributed by atoms with Gasteiger partial charge >= 0.3 is 0 Å². The Balaban J connectivity index is 2.16. The van der Waals surface area contributed by atoms with Crippen LogP contribution in [0.1, 0.15) is 5.56 Å². The highest BCUT2D eigenvalue weighted by molar-refractivity contribution is 5.65. The number of rotatable bonds is 5. The second-order valence-electron chi connectivity index (χ2n) is 4.12. The molecule has 0 saturated carbocycles. The fourth-order valence-corrected chi connectivity index (χ4v) is 1.87. The molecule has 0 aliphatic rings. The summed E-state index contributed by atoms with van der Waals surface area (Å²) in [6, 6.07) is 13.4. The SMILES string of the molecule is COc1ccc(OC)c(CNc2ccccc2N)c1. The topological polar surface area (TPSA) is 56.5 Å². The van der Waals surface area contributed by atoms with E-state index in [1.807, 2.05) is 42.5 Å². The van der Waals surface area contributed by atoms with Gasteiger partial charge in [-0.2, -0.15) is 0 Å². The van der Waals surface area contributed by atoms with Crippen LogP contribution in [-0.2, 0) is 6.54 Å². The molecule has 4 nitrogen and oxygen atoms in total. The standard InChI is InChI=1S/C15H18N2O2/c1-18-12-7-8-15(19-2)11(9-12)10-17-14-6-4-3-5-13(14)16/h3-9,17H,10,16H2,1-2H3. The first-order valence-electron chi connectivity index (χ1n) is 6.04. The molecule has 0 spiro atoms. The van der Waals surface area contributed by atoms with Crippen LogP contribution < -0.4 is 20.5 Å². The number of hydrogen-bond donors (Lipinski definition) is 2. The van der Waals surface area contributed by atoms with Gasteiger partial charge in [0.2, 0.25) is 0 Å². The molecular weight excluding hydrogens is 240 g/mol. The molecule has 0 radical (unpaired) electrons. The summed E-state index contributed by atoms with van der Waals surface area (Å²) in [5.41, 5.74) is 8.55. The molecule has 2 aromatic carbocycles. The van der Waals surface area contributed by atoms with E-state index in [-0.39, 0.29) is 0 Å². The number of anilines is 2. The Morgan fingerprint density at radius 1 is 1.05 bits per heavy atom. The molecule has 2 aromatic rings. The van der Waals surface area contributed by atoms with Gasteiger partial charge in [-0.05, 0) is 30.3 Å². The molecule has 4 heteroatoms. The number of ether oxygens (including phenoxy) is 2. The molecule has 0 amide bonds. The molecule has 2 rings (SSSR count). The second-order valence-corrected chi connectivity index (χ2v) is 4.12. The van der Waals surface area contributed by atoms with Crippen molar-refractivity contribution in [2.75, 3.05) is 25.3 Å². The predicted molar refractivity (Wildman–Crippen MR) is 77.7 cm³/mol. The molecule has 0 heterocycles. The molecule has 0 aliphatic heterocycles. The summed E-state index contributed by atoms with van der Waals surface area (Å²) in [6.07, 6.45) is 0. The quantitative estimate of drug-likeness (QED) is 0.810. The van der Waals surface area contributed by atoms with Crippen LogP contribution in [0.3, 0.4) is 0 Å². The highest BCUT2D eigenvalue weighted by atomic mass is 16.5. The van der Waals surface area contributed by atoms with Gasteiger partial charge < -0.3 is 20.5 Å². The summed E-state index contributed by atoms with van der Waals surface area (Å²) in [6.45, 7) is 0.620. The fraction of sp³-hybridized carbons (Fsp3) is 0.200. The summed E-state index contributed by atoms with van der Waals surface area (Å²) in [5, 5.41) is 3.29. The van der Waals surface area contributed by atoms with Crippen molar-refractivity contribution in [1.82, 2.24) is 0 Å². The maximum absolute atomic E-state index is 5.89. The van der Waals surface area contributed by atoms with Crippen LogP contribution in [0.2, 0.25) is 0 Å². The monoisotopic (exact) mass is 258 g/mol. The lowest BCUT2D eigenvalue weighted by atomic mass is 10.1. The number of hydrogen-bond acceptors (Lipinski definition) is 4. The van der Waals surface area contributed by atoms with Crippen molar-refractivity contribution in [2.24, 2.45) is 0 Å². The summed E-state index contributed by atoms with van der Waals surface area (Å²) in [4.78, 5) is 0. The van der Waals surface area contributed by atoms with Crippen LogP contribution in [0.5, 0.6) is 11.5 Å². The number of para-hydroxylation sites is 2. The van der Waals surface area contributed by atoms with Crippen molar-refractivity contribution < 1.29 is 9.47 Å². The predicted octanol–water partition coefficient (Wildman–Crippen LogP) is 2.90. The highest BCUT2D eigenvalue weighted by Crippen LogP contribution is 2.25. The lowest BCUT2D eigenvalue weighted by molar-refractivity contribution is 0.399. The van der Waals surface area contributed by atoms with Crippen LogP contribution in [0.25, 0.3) is 0 Å². The van der Waals surface area contributed by atoms with Crippen LogP contribution in [-0.4, -0.2) is 14.2 Å². The first kappa shape index (κ1) is 13.1. The van der Waals surface area contributed by atoms with E-state index in [2.05, 4.69) is 5.32 Å². The molecule has 19 heavy (non-hydrogen) atoms. The summed E-state index contributed by atoms with van der Waals surface area (Å²) < 4.78 is 10.6. The fourth-order valence-electron chi connectivity index (χ4n) is 1.87. The molecule has 0 bridgehead atoms. The minimum atomic E-state index is 0.620. The van der Waals surface area contributed by atoms with Gasteiger partial charge in [0.25, 0.3) is 0 Å². The van der Waals surface area contributed by atoms with E-state index < -0.39 is 0 Å². The zero-order valence-electron chi connectivity index (χ0n) is 11.1. The first-order chi connectivity index (χ1) is 9.24. The molecule has 0 unspecified atom stereocenters. The minimum absolute atomic E-state index is 0.620. The van der Waals surface area contributed by atoms with Crippen LogP contribution in [0.4, 0.5) is 11.4 Å². The summed E-state index contributed by atoms with van der Waals surface area (Å²) >= 11 is 0. The first-order valence-corrected chi connectivity index (χ1v) is 6.04. The molecule has 0 saturated heterocycles. The normalized spacial score (nSPS) is 10.0. The van der Waals surface area contributed by atoms with E-state index in [1.54, 1.807) is 14.2 Å². The number of nitrogen functional groups attached to an aromatic ring is 1. The minimum Gasteiger partial charge on any atom is -0.497 e. The number of nitrogens with two attached hydrogens (primary N) is 1. The van der Waals surface area contributed by atoms with Crippen molar-refractivity contribution in [2.45, 2.75) is 6.54 Å². The lowest BCUT2D eigenvalue weighted by Crippen LogP contribution is -2.04. The molecule has 100 valence electrons. The lowest BCUT2D eigenvalue weighted by Gasteiger charge is -2.13. The molecule has 0 aliphatic carbocycles. The molecule has 0 fully saturated rings.